The molecule has 6 heteroatoms. The SMILES string of the molecule is CCCCCCCCCCCCCC(=O)NCCCP(=O)(O)O. The molecule has 23 heavy (non-hydrogen) atoms. The summed E-state index contributed by atoms with van der Waals surface area (Å²) in [4.78, 5) is 28.9. The Bertz CT molecular complexity index is 331. The van der Waals surface area contributed by atoms with E-state index in [-0.39, 0.29) is 12.1 Å². The van der Waals surface area contributed by atoms with Crippen molar-refractivity contribution < 1.29 is 19.1 Å². The number of hydrogen-bond acceptors (Lipinski definition) is 2. The van der Waals surface area contributed by atoms with Crippen molar-refractivity contribution in [3.8, 4) is 0 Å². The molecule has 0 unspecified atom stereocenters. The second-order valence-electron chi connectivity index (χ2n) is 6.38. The van der Waals surface area contributed by atoms with E-state index in [1.807, 2.05) is 0 Å². The molecule has 0 radical (unpaired) electrons. The highest BCUT2D eigenvalue weighted by molar-refractivity contribution is 7.51. The second kappa shape index (κ2) is 15.2. The molecule has 0 rings (SSSR count). The minimum Gasteiger partial charge on any atom is -0.356 e. The first-order valence-electron chi connectivity index (χ1n) is 9.27. The summed E-state index contributed by atoms with van der Waals surface area (Å²) in [6.45, 7) is 2.59. The van der Waals surface area contributed by atoms with E-state index < -0.39 is 7.60 Å². The molecule has 0 aromatic carbocycles. The Morgan fingerprint density at radius 1 is 0.826 bits per heavy atom. The van der Waals surface area contributed by atoms with Gasteiger partial charge in [-0.1, -0.05) is 71.1 Å². The largest absolute Gasteiger partial charge is 0.356 e. The van der Waals surface area contributed by atoms with Crippen LogP contribution in [-0.4, -0.2) is 28.4 Å². The lowest BCUT2D eigenvalue weighted by molar-refractivity contribution is -0.121. The maximum Gasteiger partial charge on any atom is 0.325 e. The first-order chi connectivity index (χ1) is 11.0. The third-order valence-electron chi connectivity index (χ3n) is 3.96. The van der Waals surface area contributed by atoms with Gasteiger partial charge in [0.2, 0.25) is 5.91 Å². The molecule has 0 fully saturated rings. The fourth-order valence-electron chi connectivity index (χ4n) is 2.55. The fourth-order valence-corrected chi connectivity index (χ4v) is 3.12. The first kappa shape index (κ1) is 22.6. The predicted octanol–water partition coefficient (Wildman–Crippen LogP) is 4.37. The number of rotatable bonds is 16. The molecule has 0 heterocycles. The van der Waals surface area contributed by atoms with Crippen LogP contribution in [0.4, 0.5) is 0 Å². The van der Waals surface area contributed by atoms with Gasteiger partial charge in [-0.25, -0.2) is 0 Å². The molecular weight excluding hydrogens is 313 g/mol. The van der Waals surface area contributed by atoms with E-state index in [1.54, 1.807) is 0 Å². The zero-order chi connectivity index (χ0) is 17.4. The number of carbonyl (C=O) groups is 1. The van der Waals surface area contributed by atoms with Crippen LogP contribution in [0.25, 0.3) is 0 Å². The van der Waals surface area contributed by atoms with Crippen molar-refractivity contribution in [2.75, 3.05) is 12.7 Å². The van der Waals surface area contributed by atoms with E-state index in [9.17, 15) is 9.36 Å². The van der Waals surface area contributed by atoms with E-state index in [2.05, 4.69) is 12.2 Å². The molecule has 0 aliphatic heterocycles. The van der Waals surface area contributed by atoms with Crippen LogP contribution in [0.2, 0.25) is 0 Å². The van der Waals surface area contributed by atoms with Crippen molar-refractivity contribution in [3.05, 3.63) is 0 Å². The number of nitrogens with one attached hydrogen (secondary N) is 1. The highest BCUT2D eigenvalue weighted by Crippen LogP contribution is 2.34. The first-order valence-corrected chi connectivity index (χ1v) is 11.1. The summed E-state index contributed by atoms with van der Waals surface area (Å²) >= 11 is 0. The smallest absolute Gasteiger partial charge is 0.325 e. The monoisotopic (exact) mass is 349 g/mol. The number of carbonyl (C=O) groups excluding carboxylic acids is 1. The summed E-state index contributed by atoms with van der Waals surface area (Å²) < 4.78 is 10.6. The summed E-state index contributed by atoms with van der Waals surface area (Å²) in [6, 6.07) is 0. The van der Waals surface area contributed by atoms with Gasteiger partial charge in [-0.05, 0) is 12.8 Å². The number of hydrogen-bond donors (Lipinski definition) is 3. The lowest BCUT2D eigenvalue weighted by atomic mass is 10.1. The Kier molecular flexibility index (Phi) is 14.9. The molecular formula is C17H36NO4P. The maximum atomic E-state index is 11.5. The Morgan fingerprint density at radius 2 is 1.30 bits per heavy atom. The van der Waals surface area contributed by atoms with Crippen molar-refractivity contribution in [1.82, 2.24) is 5.32 Å². The molecule has 0 atom stereocenters. The Labute approximate surface area is 141 Å². The normalized spacial score (nSPS) is 11.6. The van der Waals surface area contributed by atoms with E-state index in [1.165, 1.54) is 57.8 Å². The van der Waals surface area contributed by atoms with Gasteiger partial charge in [0.15, 0.2) is 0 Å². The van der Waals surface area contributed by atoms with E-state index in [4.69, 9.17) is 9.79 Å². The molecule has 0 aliphatic carbocycles. The van der Waals surface area contributed by atoms with Crippen molar-refractivity contribution in [1.29, 1.82) is 0 Å². The van der Waals surface area contributed by atoms with Crippen LogP contribution >= 0.6 is 7.60 Å². The van der Waals surface area contributed by atoms with Gasteiger partial charge in [-0.15, -0.1) is 0 Å². The van der Waals surface area contributed by atoms with Gasteiger partial charge in [-0.3, -0.25) is 9.36 Å². The average Bonchev–Trinajstić information content (AvgIpc) is 2.48. The lowest BCUT2D eigenvalue weighted by Gasteiger charge is -2.06. The molecule has 0 saturated carbocycles. The van der Waals surface area contributed by atoms with Crippen LogP contribution in [0, 0.1) is 0 Å². The van der Waals surface area contributed by atoms with Crippen molar-refractivity contribution >= 4 is 13.5 Å². The Morgan fingerprint density at radius 3 is 1.78 bits per heavy atom. The molecule has 0 spiro atoms. The summed E-state index contributed by atoms with van der Waals surface area (Å²) in [5.41, 5.74) is 0. The zero-order valence-corrected chi connectivity index (χ0v) is 15.7. The van der Waals surface area contributed by atoms with Crippen LogP contribution in [0.5, 0.6) is 0 Å². The van der Waals surface area contributed by atoms with E-state index in [0.29, 0.717) is 19.4 Å². The molecule has 1 amide bonds. The van der Waals surface area contributed by atoms with Gasteiger partial charge in [-0.2, -0.15) is 0 Å². The summed E-state index contributed by atoms with van der Waals surface area (Å²) in [6.07, 6.45) is 14.5. The third-order valence-corrected chi connectivity index (χ3v) is 4.85. The average molecular weight is 349 g/mol. The number of unbranched alkanes of at least 4 members (excludes halogenated alkanes) is 10. The van der Waals surface area contributed by atoms with Gasteiger partial charge >= 0.3 is 7.60 Å². The molecule has 0 bridgehead atoms. The third kappa shape index (κ3) is 19.6. The van der Waals surface area contributed by atoms with Gasteiger partial charge < -0.3 is 15.1 Å². The van der Waals surface area contributed by atoms with Crippen molar-refractivity contribution in [2.45, 2.75) is 90.4 Å². The maximum absolute atomic E-state index is 11.5. The highest BCUT2D eigenvalue weighted by atomic mass is 31.2. The van der Waals surface area contributed by atoms with Crippen molar-refractivity contribution in [3.63, 3.8) is 0 Å². The van der Waals surface area contributed by atoms with Crippen LogP contribution in [0.3, 0.4) is 0 Å². The van der Waals surface area contributed by atoms with Crippen LogP contribution in [-0.2, 0) is 9.36 Å². The van der Waals surface area contributed by atoms with Gasteiger partial charge in [0.1, 0.15) is 0 Å². The van der Waals surface area contributed by atoms with Gasteiger partial charge in [0.25, 0.3) is 0 Å². The summed E-state index contributed by atoms with van der Waals surface area (Å²) in [5, 5.41) is 2.71. The molecule has 0 aliphatic rings. The topological polar surface area (TPSA) is 86.6 Å². The minimum atomic E-state index is -3.92. The Hall–Kier alpha value is -0.380. The molecule has 5 nitrogen and oxygen atoms in total. The molecule has 138 valence electrons. The Balaban J connectivity index is 3.22. The standard InChI is InChI=1S/C17H36NO4P/c1-2-3-4-5-6-7-8-9-10-11-12-14-17(19)18-15-13-16-23(20,21)22/h2-16H2,1H3,(H,18,19)(H2,20,21,22). The predicted molar refractivity (Wildman–Crippen MR) is 95.6 cm³/mol. The van der Waals surface area contributed by atoms with Crippen LogP contribution in [0.15, 0.2) is 0 Å². The minimum absolute atomic E-state index is 0.00774. The van der Waals surface area contributed by atoms with Crippen LogP contribution in [0.1, 0.15) is 90.4 Å². The fraction of sp³-hybridized carbons (Fsp3) is 0.941. The quantitative estimate of drug-likeness (QED) is 0.285. The second-order valence-corrected chi connectivity index (χ2v) is 8.15. The van der Waals surface area contributed by atoms with Crippen LogP contribution < -0.4 is 5.32 Å². The van der Waals surface area contributed by atoms with Crippen molar-refractivity contribution in [2.24, 2.45) is 0 Å². The molecule has 3 N–H and O–H groups in total. The molecule has 0 saturated heterocycles. The molecule has 0 aromatic heterocycles. The summed E-state index contributed by atoms with van der Waals surface area (Å²) in [7, 11) is -3.92. The van der Waals surface area contributed by atoms with E-state index >= 15 is 0 Å². The summed E-state index contributed by atoms with van der Waals surface area (Å²) in [5.74, 6) is -0.00774. The van der Waals surface area contributed by atoms with Gasteiger partial charge in [0.05, 0.1) is 6.16 Å². The van der Waals surface area contributed by atoms with E-state index in [0.717, 1.165) is 12.8 Å². The van der Waals surface area contributed by atoms with Gasteiger partial charge in [0, 0.05) is 13.0 Å². The lowest BCUT2D eigenvalue weighted by Crippen LogP contribution is -2.24. The number of amides is 1. The molecule has 0 aromatic rings. The highest BCUT2D eigenvalue weighted by Gasteiger charge is 2.11. The zero-order valence-electron chi connectivity index (χ0n) is 14.8.